The molecule has 0 radical (unpaired) electrons. The van der Waals surface area contributed by atoms with Crippen molar-refractivity contribution in [2.24, 2.45) is 7.05 Å². The number of imide groups is 1. The number of hydrogen-bond acceptors (Lipinski definition) is 9. The molecule has 0 aliphatic carbocycles. The highest BCUT2D eigenvalue weighted by molar-refractivity contribution is 7.83. The first-order chi connectivity index (χ1) is 28.4. The van der Waals surface area contributed by atoms with Crippen LogP contribution >= 0.6 is 0 Å². The van der Waals surface area contributed by atoms with Crippen molar-refractivity contribution in [2.45, 2.75) is 63.4 Å². The molecule has 14 nitrogen and oxygen atoms in total. The van der Waals surface area contributed by atoms with Crippen LogP contribution in [0.25, 0.3) is 22.0 Å². The number of carbonyl (C=O) groups is 4. The number of H-pyrrole nitrogens is 1. The third-order valence-electron chi connectivity index (χ3n) is 11.2. The first kappa shape index (κ1) is 39.6. The molecule has 3 aliphatic rings. The van der Waals surface area contributed by atoms with Crippen molar-refractivity contribution < 1.29 is 32.2 Å². The van der Waals surface area contributed by atoms with Crippen molar-refractivity contribution in [3.8, 4) is 11.1 Å². The standard InChI is InChI=1S/C42H42F2N8O6S/c1-50-20-30-28-14-23(22-59(2)58)27(16-34(28)51(38-31(44)15-25(43)18-48-38)19-24-17-47-37(36(24)30)42(50)57)39(54)46-13-6-4-3-5-12-45-32-9-7-8-26-29(32)21-52(41(26)56)33-10-11-35(53)49-40(33)55/h7-9,14-18,20,33,45,47H,3-6,10-13,19,21-22H2,1-2H3,(H,46,54)(H,49,53,55). The Morgan fingerprint density at radius 1 is 1.00 bits per heavy atom. The van der Waals surface area contributed by atoms with Crippen LogP contribution in [-0.4, -0.2) is 72.7 Å². The fourth-order valence-corrected chi connectivity index (χ4v) is 8.99. The number of carbonyl (C=O) groups excluding carboxylic acids is 4. The molecular formula is C42H42F2N8O6S. The molecule has 2 unspecified atom stereocenters. The lowest BCUT2D eigenvalue weighted by Gasteiger charge is -2.29. The summed E-state index contributed by atoms with van der Waals surface area (Å²) < 4.78 is 43.6. The van der Waals surface area contributed by atoms with Crippen LogP contribution in [0.15, 0.2) is 59.8 Å². The zero-order chi connectivity index (χ0) is 41.5. The minimum atomic E-state index is -1.34. The number of benzene rings is 2. The van der Waals surface area contributed by atoms with Crippen LogP contribution in [0.4, 0.5) is 26.0 Å². The van der Waals surface area contributed by atoms with Crippen molar-refractivity contribution in [1.82, 2.24) is 30.1 Å². The van der Waals surface area contributed by atoms with E-state index in [4.69, 9.17) is 0 Å². The molecule has 0 saturated carbocycles. The quantitative estimate of drug-likeness (QED) is 0.0950. The van der Waals surface area contributed by atoms with Gasteiger partial charge >= 0.3 is 0 Å². The molecule has 306 valence electrons. The summed E-state index contributed by atoms with van der Waals surface area (Å²) in [4.78, 5) is 74.5. The normalized spacial score (nSPS) is 16.5. The number of piperidine rings is 1. The van der Waals surface area contributed by atoms with Crippen molar-refractivity contribution >= 4 is 62.5 Å². The number of nitrogens with zero attached hydrogens (tertiary/aromatic N) is 4. The van der Waals surface area contributed by atoms with E-state index in [0.29, 0.717) is 70.3 Å². The molecule has 5 aromatic rings. The average Bonchev–Trinajstić information content (AvgIpc) is 3.74. The van der Waals surface area contributed by atoms with Crippen molar-refractivity contribution in [3.63, 3.8) is 0 Å². The number of fused-ring (bicyclic) bond motifs is 3. The van der Waals surface area contributed by atoms with E-state index in [9.17, 15) is 32.6 Å². The van der Waals surface area contributed by atoms with Crippen LogP contribution in [-0.2, 0) is 46.3 Å². The minimum Gasteiger partial charge on any atom is -0.385 e. The highest BCUT2D eigenvalue weighted by Gasteiger charge is 2.40. The SMILES string of the molecule is Cn1cc2c3c(c[nH]c3c1=O)CN(c1ncc(F)cc1F)c1cc(C(=O)NCCCCCCNc3cccc4c3CN(C3CCC(=O)NC3=O)C4=O)c(CS(C)=O)cc1-2. The Morgan fingerprint density at radius 3 is 2.56 bits per heavy atom. The number of rotatable bonds is 13. The van der Waals surface area contributed by atoms with Crippen molar-refractivity contribution in [2.75, 3.05) is 29.6 Å². The first-order valence-corrected chi connectivity index (χ1v) is 21.2. The summed E-state index contributed by atoms with van der Waals surface area (Å²) in [7, 11) is 0.289. The molecule has 2 aromatic carbocycles. The van der Waals surface area contributed by atoms with Gasteiger partial charge < -0.3 is 30.0 Å². The topological polar surface area (TPSA) is 179 Å². The maximum absolute atomic E-state index is 15.5. The van der Waals surface area contributed by atoms with Crippen molar-refractivity contribution in [1.29, 1.82) is 0 Å². The maximum atomic E-state index is 15.5. The Hall–Kier alpha value is -6.23. The smallest absolute Gasteiger partial charge is 0.274 e. The number of nitrogens with one attached hydrogen (secondary N) is 4. The molecule has 4 amide bonds. The van der Waals surface area contributed by atoms with Gasteiger partial charge in [0, 0.05) is 113 Å². The van der Waals surface area contributed by atoms with Crippen molar-refractivity contribution in [3.05, 3.63) is 105 Å². The van der Waals surface area contributed by atoms with E-state index in [1.807, 2.05) is 6.07 Å². The molecule has 6 heterocycles. The van der Waals surface area contributed by atoms with Crippen LogP contribution in [0.1, 0.15) is 75.9 Å². The van der Waals surface area contributed by atoms with Gasteiger partial charge in [-0.2, -0.15) is 0 Å². The van der Waals surface area contributed by atoms with Gasteiger partial charge in [-0.05, 0) is 54.7 Å². The third kappa shape index (κ3) is 7.61. The molecule has 17 heteroatoms. The Labute approximate surface area is 339 Å². The second-order valence-corrected chi connectivity index (χ2v) is 16.6. The minimum absolute atomic E-state index is 0.0589. The summed E-state index contributed by atoms with van der Waals surface area (Å²) in [6.45, 7) is 1.36. The summed E-state index contributed by atoms with van der Waals surface area (Å²) in [5.74, 6) is -3.23. The van der Waals surface area contributed by atoms with Gasteiger partial charge in [0.25, 0.3) is 17.4 Å². The van der Waals surface area contributed by atoms with E-state index in [1.54, 1.807) is 54.9 Å². The number of pyridine rings is 2. The fraction of sp³-hybridized carbons (Fsp3) is 0.333. The van der Waals surface area contributed by atoms with E-state index in [2.05, 4.69) is 25.9 Å². The van der Waals surface area contributed by atoms with Crippen LogP contribution in [0, 0.1) is 11.6 Å². The number of aryl methyl sites for hydroxylation is 1. The van der Waals surface area contributed by atoms with Gasteiger partial charge in [0.2, 0.25) is 11.8 Å². The van der Waals surface area contributed by atoms with Gasteiger partial charge in [0.05, 0.1) is 18.4 Å². The number of halogens is 2. The predicted molar refractivity (Wildman–Crippen MR) is 219 cm³/mol. The summed E-state index contributed by atoms with van der Waals surface area (Å²) in [5, 5.41) is 9.39. The van der Waals surface area contributed by atoms with Gasteiger partial charge in [0.15, 0.2) is 11.6 Å². The second-order valence-electron chi connectivity index (χ2n) is 15.1. The van der Waals surface area contributed by atoms with E-state index in [-0.39, 0.29) is 54.0 Å². The highest BCUT2D eigenvalue weighted by Crippen LogP contribution is 2.45. The van der Waals surface area contributed by atoms with E-state index in [1.165, 1.54) is 9.47 Å². The average molecular weight is 825 g/mol. The molecule has 2 atom stereocenters. The zero-order valence-corrected chi connectivity index (χ0v) is 33.3. The van der Waals surface area contributed by atoms with Gasteiger partial charge in [-0.1, -0.05) is 18.9 Å². The molecule has 3 aliphatic heterocycles. The van der Waals surface area contributed by atoms with Gasteiger partial charge in [-0.15, -0.1) is 0 Å². The monoisotopic (exact) mass is 824 g/mol. The van der Waals surface area contributed by atoms with Gasteiger partial charge in [-0.25, -0.2) is 13.8 Å². The summed E-state index contributed by atoms with van der Waals surface area (Å²) >= 11 is 0. The molecule has 0 spiro atoms. The number of aromatic amines is 1. The Bertz CT molecular complexity index is 2640. The maximum Gasteiger partial charge on any atom is 0.274 e. The summed E-state index contributed by atoms with van der Waals surface area (Å²) in [6.07, 6.45) is 9.50. The molecule has 4 N–H and O–H groups in total. The van der Waals surface area contributed by atoms with Gasteiger partial charge in [0.1, 0.15) is 17.4 Å². The van der Waals surface area contributed by atoms with Crippen LogP contribution in [0.3, 0.4) is 0 Å². The lowest BCUT2D eigenvalue weighted by atomic mass is 9.96. The van der Waals surface area contributed by atoms with E-state index >= 15 is 4.39 Å². The number of amides is 4. The molecule has 0 bridgehead atoms. The first-order valence-electron chi connectivity index (χ1n) is 19.4. The van der Waals surface area contributed by atoms with Crippen LogP contribution in [0.2, 0.25) is 0 Å². The summed E-state index contributed by atoms with van der Waals surface area (Å²) in [5.41, 5.74) is 5.39. The lowest BCUT2D eigenvalue weighted by molar-refractivity contribution is -0.136. The summed E-state index contributed by atoms with van der Waals surface area (Å²) in [6, 6.07) is 8.92. The second kappa shape index (κ2) is 16.2. The molecule has 8 rings (SSSR count). The predicted octanol–water partition coefficient (Wildman–Crippen LogP) is 4.90. The number of hydrogen-bond donors (Lipinski definition) is 4. The zero-order valence-electron chi connectivity index (χ0n) is 32.5. The number of aromatic nitrogens is 3. The molecule has 59 heavy (non-hydrogen) atoms. The highest BCUT2D eigenvalue weighted by atomic mass is 32.2. The largest absolute Gasteiger partial charge is 0.385 e. The Morgan fingerprint density at radius 2 is 1.80 bits per heavy atom. The Balaban J connectivity index is 0.937. The molecular weight excluding hydrogens is 783 g/mol. The van der Waals surface area contributed by atoms with Crippen LogP contribution in [0.5, 0.6) is 0 Å². The lowest BCUT2D eigenvalue weighted by Crippen LogP contribution is -2.52. The van der Waals surface area contributed by atoms with Gasteiger partial charge in [-0.3, -0.25) is 33.5 Å². The fourth-order valence-electron chi connectivity index (χ4n) is 8.31. The molecule has 3 aromatic heterocycles. The number of anilines is 3. The van der Waals surface area contributed by atoms with E-state index < -0.39 is 40.3 Å². The van der Waals surface area contributed by atoms with Crippen LogP contribution < -0.4 is 26.4 Å². The van der Waals surface area contributed by atoms with E-state index in [0.717, 1.165) is 42.8 Å². The molecule has 1 fully saturated rings. The number of unbranched alkanes of at least 4 members (excludes halogenated alkanes) is 3. The third-order valence-corrected chi connectivity index (χ3v) is 11.9. The Kier molecular flexibility index (Phi) is 10.9. The molecule has 1 saturated heterocycles.